The molecule has 1 aromatic rings. The summed E-state index contributed by atoms with van der Waals surface area (Å²) >= 11 is 0. The molecular weight excluding hydrogens is 274 g/mol. The Morgan fingerprint density at radius 3 is 2.40 bits per heavy atom. The summed E-state index contributed by atoms with van der Waals surface area (Å²) in [4.78, 5) is 33.0. The predicted molar refractivity (Wildman–Crippen MR) is 63.4 cm³/mol. The van der Waals surface area contributed by atoms with Gasteiger partial charge in [0.05, 0.1) is 12.8 Å². The molecule has 1 rings (SSSR count). The zero-order chi connectivity index (χ0) is 15.3. The third-order valence-electron chi connectivity index (χ3n) is 2.39. The second-order valence-electron chi connectivity index (χ2n) is 4.05. The molecule has 0 heterocycles. The predicted octanol–water partition coefficient (Wildman–Crippen LogP) is -0.0479. The molecule has 0 fully saturated rings. The van der Waals surface area contributed by atoms with Gasteiger partial charge in [-0.25, -0.2) is 13.6 Å². The molecular formula is C12H12F2N2O4. The van der Waals surface area contributed by atoms with Crippen LogP contribution in [0.4, 0.5) is 8.78 Å². The number of amides is 2. The van der Waals surface area contributed by atoms with Gasteiger partial charge in [-0.1, -0.05) is 6.07 Å². The summed E-state index contributed by atoms with van der Waals surface area (Å²) in [6.07, 6.45) is -0.904. The summed E-state index contributed by atoms with van der Waals surface area (Å²) in [6.45, 7) is 0. The number of carbonyl (C=O) groups excluding carboxylic acids is 2. The molecule has 1 atom stereocenters. The normalized spacial score (nSPS) is 11.7. The lowest BCUT2D eigenvalue weighted by molar-refractivity contribution is -0.143. The Morgan fingerprint density at radius 1 is 1.25 bits per heavy atom. The first-order chi connectivity index (χ1) is 9.29. The maximum absolute atomic E-state index is 12.9. The molecule has 108 valence electrons. The van der Waals surface area contributed by atoms with Crippen LogP contribution in [0.1, 0.15) is 12.0 Å². The highest BCUT2D eigenvalue weighted by Crippen LogP contribution is 2.09. The highest BCUT2D eigenvalue weighted by atomic mass is 19.2. The van der Waals surface area contributed by atoms with E-state index in [1.165, 1.54) is 6.07 Å². The van der Waals surface area contributed by atoms with Gasteiger partial charge in [0.15, 0.2) is 11.6 Å². The molecule has 0 aromatic heterocycles. The quantitative estimate of drug-likeness (QED) is 0.681. The zero-order valence-electron chi connectivity index (χ0n) is 10.2. The fraction of sp³-hybridized carbons (Fsp3) is 0.250. The van der Waals surface area contributed by atoms with Crippen LogP contribution in [0.15, 0.2) is 18.2 Å². The Bertz CT molecular complexity index is 548. The van der Waals surface area contributed by atoms with Crippen LogP contribution in [0.2, 0.25) is 0 Å². The maximum atomic E-state index is 12.9. The number of carboxylic acid groups (broad SMARTS) is 1. The van der Waals surface area contributed by atoms with Crippen molar-refractivity contribution in [2.45, 2.75) is 18.9 Å². The molecule has 20 heavy (non-hydrogen) atoms. The van der Waals surface area contributed by atoms with Crippen molar-refractivity contribution in [1.29, 1.82) is 0 Å². The third-order valence-corrected chi connectivity index (χ3v) is 2.39. The standard InChI is InChI=1S/C12H12F2N2O4/c13-7-2-1-6(3-8(7)14)4-11(18)16-9(12(19)20)5-10(15)17/h1-3,9H,4-5H2,(H2,15,17)(H,16,18)(H,19,20)/t9-/m0/s1. The number of hydrogen-bond acceptors (Lipinski definition) is 3. The van der Waals surface area contributed by atoms with Gasteiger partial charge in [0.1, 0.15) is 6.04 Å². The van der Waals surface area contributed by atoms with Crippen LogP contribution in [-0.2, 0) is 20.8 Å². The Kier molecular flexibility index (Phi) is 5.13. The number of halogens is 2. The molecule has 8 heteroatoms. The SMILES string of the molecule is NC(=O)C[C@H](NC(=O)Cc1ccc(F)c(F)c1)C(=O)O. The Balaban J connectivity index is 2.67. The van der Waals surface area contributed by atoms with Crippen LogP contribution < -0.4 is 11.1 Å². The van der Waals surface area contributed by atoms with E-state index in [-0.39, 0.29) is 12.0 Å². The molecule has 6 nitrogen and oxygen atoms in total. The lowest BCUT2D eigenvalue weighted by atomic mass is 10.1. The first-order valence-electron chi connectivity index (χ1n) is 5.54. The minimum Gasteiger partial charge on any atom is -0.480 e. The van der Waals surface area contributed by atoms with Gasteiger partial charge in [0.25, 0.3) is 0 Å². The molecule has 0 saturated heterocycles. The van der Waals surface area contributed by atoms with Crippen molar-refractivity contribution >= 4 is 17.8 Å². The van der Waals surface area contributed by atoms with Gasteiger partial charge in [-0.05, 0) is 17.7 Å². The average molecular weight is 286 g/mol. The molecule has 0 bridgehead atoms. The van der Waals surface area contributed by atoms with Crippen LogP contribution in [0.5, 0.6) is 0 Å². The summed E-state index contributed by atoms with van der Waals surface area (Å²) in [5.74, 6) is -5.20. The van der Waals surface area contributed by atoms with Crippen molar-refractivity contribution in [2.24, 2.45) is 5.73 Å². The van der Waals surface area contributed by atoms with Crippen molar-refractivity contribution in [1.82, 2.24) is 5.32 Å². The number of aliphatic carboxylic acids is 1. The van der Waals surface area contributed by atoms with Gasteiger partial charge < -0.3 is 16.2 Å². The number of nitrogens with two attached hydrogens (primary N) is 1. The van der Waals surface area contributed by atoms with Gasteiger partial charge in [0, 0.05) is 0 Å². The van der Waals surface area contributed by atoms with Gasteiger partial charge in [-0.3, -0.25) is 9.59 Å². The second-order valence-corrected chi connectivity index (χ2v) is 4.05. The molecule has 0 radical (unpaired) electrons. The van der Waals surface area contributed by atoms with Crippen molar-refractivity contribution in [3.8, 4) is 0 Å². The minimum absolute atomic E-state index is 0.171. The van der Waals surface area contributed by atoms with E-state index < -0.39 is 41.9 Å². The lowest BCUT2D eigenvalue weighted by Crippen LogP contribution is -2.43. The number of primary amides is 1. The highest BCUT2D eigenvalue weighted by molar-refractivity contribution is 5.88. The van der Waals surface area contributed by atoms with Crippen molar-refractivity contribution in [3.05, 3.63) is 35.4 Å². The molecule has 0 aliphatic rings. The van der Waals surface area contributed by atoms with Crippen LogP contribution in [0, 0.1) is 11.6 Å². The summed E-state index contributed by atoms with van der Waals surface area (Å²) in [6, 6.07) is 1.43. The van der Waals surface area contributed by atoms with Gasteiger partial charge in [0.2, 0.25) is 11.8 Å². The topological polar surface area (TPSA) is 109 Å². The summed E-state index contributed by atoms with van der Waals surface area (Å²) in [5.41, 5.74) is 5.02. The van der Waals surface area contributed by atoms with E-state index in [2.05, 4.69) is 5.32 Å². The van der Waals surface area contributed by atoms with Crippen molar-refractivity contribution < 1.29 is 28.3 Å². The number of carbonyl (C=O) groups is 3. The fourth-order valence-electron chi connectivity index (χ4n) is 1.48. The first-order valence-corrected chi connectivity index (χ1v) is 5.54. The molecule has 4 N–H and O–H groups in total. The summed E-state index contributed by atoms with van der Waals surface area (Å²) < 4.78 is 25.6. The van der Waals surface area contributed by atoms with E-state index >= 15 is 0 Å². The van der Waals surface area contributed by atoms with Crippen molar-refractivity contribution in [2.75, 3.05) is 0 Å². The number of hydrogen-bond donors (Lipinski definition) is 3. The smallest absolute Gasteiger partial charge is 0.326 e. The van der Waals surface area contributed by atoms with Gasteiger partial charge >= 0.3 is 5.97 Å². The first kappa shape index (κ1) is 15.5. The van der Waals surface area contributed by atoms with E-state index in [1.807, 2.05) is 0 Å². The second kappa shape index (κ2) is 6.60. The molecule has 1 aromatic carbocycles. The Morgan fingerprint density at radius 2 is 1.90 bits per heavy atom. The van der Waals surface area contributed by atoms with E-state index in [4.69, 9.17) is 10.8 Å². The van der Waals surface area contributed by atoms with E-state index in [0.29, 0.717) is 0 Å². The number of nitrogens with one attached hydrogen (secondary N) is 1. The van der Waals surface area contributed by atoms with Gasteiger partial charge in [-0.15, -0.1) is 0 Å². The Labute approximate surface area is 112 Å². The number of carboxylic acids is 1. The monoisotopic (exact) mass is 286 g/mol. The Hall–Kier alpha value is -2.51. The highest BCUT2D eigenvalue weighted by Gasteiger charge is 2.22. The van der Waals surface area contributed by atoms with Crippen LogP contribution in [0.25, 0.3) is 0 Å². The molecule has 0 aliphatic heterocycles. The molecule has 0 unspecified atom stereocenters. The van der Waals surface area contributed by atoms with Crippen LogP contribution in [-0.4, -0.2) is 28.9 Å². The number of rotatable bonds is 6. The van der Waals surface area contributed by atoms with E-state index in [0.717, 1.165) is 12.1 Å². The van der Waals surface area contributed by atoms with E-state index in [1.54, 1.807) is 0 Å². The van der Waals surface area contributed by atoms with Crippen molar-refractivity contribution in [3.63, 3.8) is 0 Å². The summed E-state index contributed by atoms with van der Waals surface area (Å²) in [5, 5.41) is 10.9. The lowest BCUT2D eigenvalue weighted by Gasteiger charge is -2.12. The van der Waals surface area contributed by atoms with Crippen LogP contribution >= 0.6 is 0 Å². The molecule has 0 aliphatic carbocycles. The molecule has 2 amide bonds. The third kappa shape index (κ3) is 4.63. The summed E-state index contributed by atoms with van der Waals surface area (Å²) in [7, 11) is 0. The molecule has 0 spiro atoms. The van der Waals surface area contributed by atoms with E-state index in [9.17, 15) is 23.2 Å². The van der Waals surface area contributed by atoms with Crippen LogP contribution in [0.3, 0.4) is 0 Å². The average Bonchev–Trinajstić information content (AvgIpc) is 2.32. The molecule has 0 saturated carbocycles. The minimum atomic E-state index is -1.45. The zero-order valence-corrected chi connectivity index (χ0v) is 10.2. The number of benzene rings is 1. The maximum Gasteiger partial charge on any atom is 0.326 e. The van der Waals surface area contributed by atoms with Gasteiger partial charge in [-0.2, -0.15) is 0 Å². The largest absolute Gasteiger partial charge is 0.480 e. The fourth-order valence-corrected chi connectivity index (χ4v) is 1.48.